The predicted molar refractivity (Wildman–Crippen MR) is 87.3 cm³/mol. The summed E-state index contributed by atoms with van der Waals surface area (Å²) in [5.74, 6) is -0.800. The molecule has 26 heavy (non-hydrogen) atoms. The van der Waals surface area contributed by atoms with Gasteiger partial charge in [-0.15, -0.1) is 0 Å². The summed E-state index contributed by atoms with van der Waals surface area (Å²) in [5, 5.41) is 6.65. The molecule has 0 saturated carbocycles. The number of hydrogen-bond donors (Lipinski definition) is 1. The Morgan fingerprint density at radius 1 is 1.31 bits per heavy atom. The Kier molecular flexibility index (Phi) is 4.71. The molecule has 3 rings (SSSR count). The molecule has 0 bridgehead atoms. The molecule has 1 atom stereocenters. The second kappa shape index (κ2) is 6.81. The van der Waals surface area contributed by atoms with Gasteiger partial charge >= 0.3 is 6.18 Å². The van der Waals surface area contributed by atoms with Crippen LogP contribution in [0.15, 0.2) is 43.1 Å². The molecule has 1 unspecified atom stereocenters. The summed E-state index contributed by atoms with van der Waals surface area (Å²) in [5.41, 5.74) is -0.361. The molecule has 0 radical (unpaired) electrons. The number of alkyl halides is 3. The van der Waals surface area contributed by atoms with Crippen LogP contribution in [0.4, 0.5) is 29.1 Å². The number of nitrogens with one attached hydrogen (secondary N) is 1. The molecule has 0 aliphatic carbocycles. The third-order valence-electron chi connectivity index (χ3n) is 4.15. The van der Waals surface area contributed by atoms with Crippen LogP contribution in [0.2, 0.25) is 0 Å². The van der Waals surface area contributed by atoms with Gasteiger partial charge in [-0.05, 0) is 30.3 Å². The third-order valence-corrected chi connectivity index (χ3v) is 4.15. The monoisotopic (exact) mass is 368 g/mol. The lowest BCUT2D eigenvalue weighted by Crippen LogP contribution is -2.41. The van der Waals surface area contributed by atoms with Gasteiger partial charge in [0.05, 0.1) is 11.8 Å². The van der Waals surface area contributed by atoms with E-state index in [1.807, 2.05) is 0 Å². The minimum Gasteiger partial charge on any atom is -0.352 e. The molecule has 1 aromatic carbocycles. The Morgan fingerprint density at radius 3 is 2.62 bits per heavy atom. The van der Waals surface area contributed by atoms with E-state index in [2.05, 4.69) is 17.0 Å². The second-order valence-corrected chi connectivity index (χ2v) is 5.97. The molecule has 138 valence electrons. The van der Waals surface area contributed by atoms with Crippen molar-refractivity contribution < 1.29 is 22.4 Å². The van der Waals surface area contributed by atoms with Gasteiger partial charge in [-0.25, -0.2) is 9.07 Å². The largest absolute Gasteiger partial charge is 0.416 e. The third kappa shape index (κ3) is 3.56. The van der Waals surface area contributed by atoms with Crippen molar-refractivity contribution in [2.24, 2.45) is 5.92 Å². The maximum atomic E-state index is 14.1. The topological polar surface area (TPSA) is 50.2 Å². The smallest absolute Gasteiger partial charge is 0.352 e. The molecule has 1 N–H and O–H groups in total. The number of rotatable bonds is 4. The van der Waals surface area contributed by atoms with Gasteiger partial charge in [0.1, 0.15) is 0 Å². The van der Waals surface area contributed by atoms with Gasteiger partial charge in [0.15, 0.2) is 11.6 Å². The summed E-state index contributed by atoms with van der Waals surface area (Å²) in [7, 11) is 0. The molecule has 1 amide bonds. The van der Waals surface area contributed by atoms with Crippen molar-refractivity contribution in [1.29, 1.82) is 0 Å². The maximum absolute atomic E-state index is 14.1. The summed E-state index contributed by atoms with van der Waals surface area (Å²) in [6.07, 6.45) is -2.22. The van der Waals surface area contributed by atoms with Crippen LogP contribution in [-0.4, -0.2) is 28.8 Å². The van der Waals surface area contributed by atoms with E-state index in [1.54, 1.807) is 4.90 Å². The van der Waals surface area contributed by atoms with Gasteiger partial charge in [0.2, 0.25) is 5.91 Å². The van der Waals surface area contributed by atoms with Crippen LogP contribution >= 0.6 is 0 Å². The van der Waals surface area contributed by atoms with Crippen LogP contribution < -0.4 is 10.2 Å². The first-order chi connectivity index (χ1) is 12.3. The number of halogens is 4. The van der Waals surface area contributed by atoms with Crippen LogP contribution in [0.25, 0.3) is 0 Å². The number of aromatic nitrogens is 2. The SMILES string of the molecule is C=CC(=O)NCC1CN(c2ccc(C(F)(F)F)cc2)c2c(F)cnn2C1. The normalized spacial score (nSPS) is 16.9. The molecule has 2 aromatic rings. The zero-order valence-corrected chi connectivity index (χ0v) is 13.6. The van der Waals surface area contributed by atoms with Crippen LogP contribution in [-0.2, 0) is 17.5 Å². The van der Waals surface area contributed by atoms with Crippen molar-refractivity contribution in [2.45, 2.75) is 12.7 Å². The summed E-state index contributed by atoms with van der Waals surface area (Å²) in [6.45, 7) is 4.39. The average molecular weight is 368 g/mol. The van der Waals surface area contributed by atoms with Crippen molar-refractivity contribution in [2.75, 3.05) is 18.0 Å². The fourth-order valence-electron chi connectivity index (χ4n) is 2.91. The van der Waals surface area contributed by atoms with Crippen LogP contribution in [0, 0.1) is 11.7 Å². The lowest BCUT2D eigenvalue weighted by molar-refractivity contribution is -0.137. The van der Waals surface area contributed by atoms with Gasteiger partial charge < -0.3 is 10.2 Å². The van der Waals surface area contributed by atoms with E-state index in [0.29, 0.717) is 25.3 Å². The first-order valence-corrected chi connectivity index (χ1v) is 7.86. The molecular weight excluding hydrogens is 352 g/mol. The summed E-state index contributed by atoms with van der Waals surface area (Å²) >= 11 is 0. The minimum absolute atomic E-state index is 0.104. The molecule has 1 aliphatic heterocycles. The Labute approximate surface area is 146 Å². The number of fused-ring (bicyclic) bond motifs is 1. The van der Waals surface area contributed by atoms with Crippen LogP contribution in [0.3, 0.4) is 0 Å². The first-order valence-electron chi connectivity index (χ1n) is 7.86. The van der Waals surface area contributed by atoms with E-state index in [-0.39, 0.29) is 17.6 Å². The van der Waals surface area contributed by atoms with Gasteiger partial charge in [0.25, 0.3) is 0 Å². The first kappa shape index (κ1) is 18.0. The quantitative estimate of drug-likeness (QED) is 0.667. The maximum Gasteiger partial charge on any atom is 0.416 e. The highest BCUT2D eigenvalue weighted by Gasteiger charge is 2.32. The van der Waals surface area contributed by atoms with Gasteiger partial charge in [-0.2, -0.15) is 18.3 Å². The summed E-state index contributed by atoms with van der Waals surface area (Å²) < 4.78 is 53.8. The van der Waals surface area contributed by atoms with E-state index >= 15 is 0 Å². The highest BCUT2D eigenvalue weighted by molar-refractivity contribution is 5.86. The van der Waals surface area contributed by atoms with E-state index in [0.717, 1.165) is 24.4 Å². The predicted octanol–water partition coefficient (Wildman–Crippen LogP) is 3.11. The molecule has 0 spiro atoms. The van der Waals surface area contributed by atoms with E-state index in [9.17, 15) is 22.4 Å². The number of benzene rings is 1. The molecule has 0 saturated heterocycles. The van der Waals surface area contributed by atoms with Crippen molar-refractivity contribution in [3.8, 4) is 0 Å². The molecule has 5 nitrogen and oxygen atoms in total. The number of hydrogen-bond acceptors (Lipinski definition) is 3. The number of amides is 1. The van der Waals surface area contributed by atoms with Gasteiger partial charge in [0, 0.05) is 31.2 Å². The number of carbonyl (C=O) groups is 1. The lowest BCUT2D eigenvalue weighted by atomic mass is 10.1. The Balaban J connectivity index is 1.87. The Morgan fingerprint density at radius 2 is 2.00 bits per heavy atom. The van der Waals surface area contributed by atoms with Gasteiger partial charge in [-0.3, -0.25) is 4.79 Å². The van der Waals surface area contributed by atoms with Crippen molar-refractivity contribution in [3.05, 3.63) is 54.5 Å². The van der Waals surface area contributed by atoms with Crippen molar-refractivity contribution in [3.63, 3.8) is 0 Å². The zero-order chi connectivity index (χ0) is 18.9. The Hall–Kier alpha value is -2.84. The molecule has 9 heteroatoms. The van der Waals surface area contributed by atoms with E-state index in [4.69, 9.17) is 0 Å². The van der Waals surface area contributed by atoms with E-state index in [1.165, 1.54) is 16.8 Å². The summed E-state index contributed by atoms with van der Waals surface area (Å²) in [4.78, 5) is 12.9. The standard InChI is InChI=1S/C17H16F4N4O/c1-2-15(26)22-7-11-9-24(16-14(18)8-23-25(16)10-11)13-5-3-12(4-6-13)17(19,20)21/h2-6,8,11H,1,7,9-10H2,(H,22,26). The van der Waals surface area contributed by atoms with Crippen molar-refractivity contribution in [1.82, 2.24) is 15.1 Å². The number of nitrogens with zero attached hydrogens (tertiary/aromatic N) is 3. The Bertz CT molecular complexity index is 813. The molecular formula is C17H16F4N4O. The molecule has 2 heterocycles. The summed E-state index contributed by atoms with van der Waals surface area (Å²) in [6, 6.07) is 4.50. The highest BCUT2D eigenvalue weighted by Crippen LogP contribution is 2.35. The van der Waals surface area contributed by atoms with E-state index < -0.39 is 17.6 Å². The fraction of sp³-hybridized carbons (Fsp3) is 0.294. The lowest BCUT2D eigenvalue weighted by Gasteiger charge is -2.34. The highest BCUT2D eigenvalue weighted by atomic mass is 19.4. The number of anilines is 2. The second-order valence-electron chi connectivity index (χ2n) is 5.97. The fourth-order valence-corrected chi connectivity index (χ4v) is 2.91. The number of carbonyl (C=O) groups excluding carboxylic acids is 1. The average Bonchev–Trinajstić information content (AvgIpc) is 2.99. The molecule has 1 aliphatic rings. The minimum atomic E-state index is -4.44. The molecule has 0 fully saturated rings. The zero-order valence-electron chi connectivity index (χ0n) is 13.6. The van der Waals surface area contributed by atoms with Gasteiger partial charge in [-0.1, -0.05) is 6.58 Å². The molecule has 1 aromatic heterocycles. The van der Waals surface area contributed by atoms with Crippen molar-refractivity contribution >= 4 is 17.4 Å². The van der Waals surface area contributed by atoms with Crippen LogP contribution in [0.1, 0.15) is 5.56 Å². The van der Waals surface area contributed by atoms with Crippen LogP contribution in [0.5, 0.6) is 0 Å².